The number of anilines is 5. The number of aromatic nitrogens is 4. The van der Waals surface area contributed by atoms with Gasteiger partial charge >= 0.3 is 0 Å². The number of carbonyl (C=O) groups is 1. The number of aromatic hydroxyl groups is 1. The van der Waals surface area contributed by atoms with Crippen LogP contribution < -0.4 is 16.0 Å². The number of phenolic OH excluding ortho intramolecular Hbond substituents is 1. The number of hydrogen-bond donors (Lipinski definition) is 4. The van der Waals surface area contributed by atoms with Crippen LogP contribution in [0.5, 0.6) is 5.75 Å². The lowest BCUT2D eigenvalue weighted by molar-refractivity contribution is -0.111. The van der Waals surface area contributed by atoms with E-state index in [0.29, 0.717) is 5.69 Å². The Morgan fingerprint density at radius 3 is 2.46 bits per heavy atom. The predicted octanol–water partition coefficient (Wildman–Crippen LogP) is 4.61. The van der Waals surface area contributed by atoms with E-state index in [1.54, 1.807) is 17.9 Å². The van der Waals surface area contributed by atoms with Crippen molar-refractivity contribution in [1.29, 1.82) is 0 Å². The average Bonchev–Trinajstić information content (AvgIpc) is 3.23. The third-order valence-electron chi connectivity index (χ3n) is 4.75. The first-order valence-electron chi connectivity index (χ1n) is 10.0. The Kier molecular flexibility index (Phi) is 6.36. The van der Waals surface area contributed by atoms with Gasteiger partial charge in [0.1, 0.15) is 11.6 Å². The smallest absolute Gasteiger partial charge is 0.247 e. The molecule has 9 nitrogen and oxygen atoms in total. The first-order chi connectivity index (χ1) is 16.7. The maximum atomic E-state index is 14.6. The van der Waals surface area contributed by atoms with Crippen LogP contribution in [0.4, 0.5) is 42.0 Å². The van der Waals surface area contributed by atoms with Gasteiger partial charge in [-0.15, -0.1) is 0 Å². The Morgan fingerprint density at radius 2 is 1.80 bits per heavy atom. The summed E-state index contributed by atoms with van der Waals surface area (Å²) < 4.78 is 44.3. The SMILES string of the molecule is C=CC(=O)Nc1ccc(F)c(Nc2nc(Nc3cnn(C)c3)ncc2-c2cc(F)c(O)c(F)c2)c1. The number of carbonyl (C=O) groups excluding carboxylic acids is 1. The minimum absolute atomic E-state index is 0.00949. The Hall–Kier alpha value is -4.87. The first kappa shape index (κ1) is 23.3. The number of benzene rings is 2. The predicted molar refractivity (Wildman–Crippen MR) is 124 cm³/mol. The molecule has 2 aromatic carbocycles. The van der Waals surface area contributed by atoms with Crippen molar-refractivity contribution in [2.24, 2.45) is 7.05 Å². The fourth-order valence-electron chi connectivity index (χ4n) is 3.10. The van der Waals surface area contributed by atoms with E-state index in [9.17, 15) is 23.1 Å². The van der Waals surface area contributed by atoms with Crippen molar-refractivity contribution in [2.75, 3.05) is 16.0 Å². The van der Waals surface area contributed by atoms with Crippen molar-refractivity contribution in [3.8, 4) is 16.9 Å². The van der Waals surface area contributed by atoms with Crippen molar-refractivity contribution >= 4 is 34.7 Å². The van der Waals surface area contributed by atoms with Gasteiger partial charge in [-0.2, -0.15) is 10.1 Å². The van der Waals surface area contributed by atoms with Crippen LogP contribution in [0, 0.1) is 17.5 Å². The monoisotopic (exact) mass is 481 g/mol. The van der Waals surface area contributed by atoms with Crippen LogP contribution in [0.2, 0.25) is 0 Å². The van der Waals surface area contributed by atoms with E-state index in [2.05, 4.69) is 37.6 Å². The lowest BCUT2D eigenvalue weighted by Crippen LogP contribution is -2.08. The lowest BCUT2D eigenvalue weighted by atomic mass is 10.1. The molecule has 0 spiro atoms. The topological polar surface area (TPSA) is 117 Å². The van der Waals surface area contributed by atoms with Gasteiger partial charge in [0.25, 0.3) is 0 Å². The number of hydrogen-bond acceptors (Lipinski definition) is 7. The number of halogens is 3. The highest BCUT2D eigenvalue weighted by atomic mass is 19.1. The summed E-state index contributed by atoms with van der Waals surface area (Å²) in [7, 11) is 1.72. The molecule has 4 rings (SSSR count). The van der Waals surface area contributed by atoms with Crippen LogP contribution in [-0.2, 0) is 11.8 Å². The molecule has 0 saturated heterocycles. The molecule has 0 saturated carbocycles. The van der Waals surface area contributed by atoms with E-state index in [4.69, 9.17) is 0 Å². The molecule has 4 aromatic rings. The molecule has 0 unspecified atom stereocenters. The zero-order chi connectivity index (χ0) is 25.1. The van der Waals surface area contributed by atoms with E-state index >= 15 is 0 Å². The Labute approximate surface area is 197 Å². The summed E-state index contributed by atoms with van der Waals surface area (Å²) in [6, 6.07) is 5.58. The van der Waals surface area contributed by atoms with E-state index in [-0.39, 0.29) is 34.3 Å². The zero-order valence-electron chi connectivity index (χ0n) is 18.2. The molecular formula is C23H18F3N7O2. The van der Waals surface area contributed by atoms with Gasteiger partial charge in [-0.1, -0.05) is 6.58 Å². The standard InChI is InChI=1S/C23H18F3N7O2/c1-3-20(34)29-13-4-5-16(24)19(8-13)31-22-15(12-6-17(25)21(35)18(26)7-12)10-27-23(32-22)30-14-9-28-33(2)11-14/h3-11,35H,1H2,2H3,(H,29,34)(H2,27,30,31,32). The number of aryl methyl sites for hydroxylation is 1. The molecule has 0 fully saturated rings. The average molecular weight is 481 g/mol. The molecule has 0 radical (unpaired) electrons. The number of phenols is 1. The fourth-order valence-corrected chi connectivity index (χ4v) is 3.10. The van der Waals surface area contributed by atoms with E-state index in [0.717, 1.165) is 24.3 Å². The molecule has 1 amide bonds. The molecule has 35 heavy (non-hydrogen) atoms. The van der Waals surface area contributed by atoms with Crippen LogP contribution >= 0.6 is 0 Å². The minimum atomic E-state index is -1.19. The van der Waals surface area contributed by atoms with Crippen molar-refractivity contribution < 1.29 is 23.1 Å². The Balaban J connectivity index is 1.78. The van der Waals surface area contributed by atoms with Crippen LogP contribution in [0.25, 0.3) is 11.1 Å². The van der Waals surface area contributed by atoms with Crippen LogP contribution in [0.1, 0.15) is 0 Å². The molecule has 4 N–H and O–H groups in total. The van der Waals surface area contributed by atoms with Crippen molar-refractivity contribution in [2.45, 2.75) is 0 Å². The molecule has 0 aliphatic heterocycles. The van der Waals surface area contributed by atoms with Gasteiger partial charge in [-0.05, 0) is 42.0 Å². The highest BCUT2D eigenvalue weighted by Gasteiger charge is 2.17. The van der Waals surface area contributed by atoms with Gasteiger partial charge in [0.2, 0.25) is 11.9 Å². The Bertz CT molecular complexity index is 1420. The number of rotatable bonds is 7. The number of nitrogens with one attached hydrogen (secondary N) is 3. The van der Waals surface area contributed by atoms with Crippen LogP contribution in [0.3, 0.4) is 0 Å². The summed E-state index contributed by atoms with van der Waals surface area (Å²) in [5.41, 5.74) is 0.848. The van der Waals surface area contributed by atoms with Gasteiger partial charge in [0, 0.05) is 30.7 Å². The second-order valence-corrected chi connectivity index (χ2v) is 7.29. The van der Waals surface area contributed by atoms with Gasteiger partial charge in [-0.25, -0.2) is 18.2 Å². The second-order valence-electron chi connectivity index (χ2n) is 7.29. The summed E-state index contributed by atoms with van der Waals surface area (Å²) in [6.45, 7) is 3.36. The first-order valence-corrected chi connectivity index (χ1v) is 10.0. The molecule has 0 aliphatic carbocycles. The zero-order valence-corrected chi connectivity index (χ0v) is 18.2. The summed E-state index contributed by atoms with van der Waals surface area (Å²) in [5, 5.41) is 21.7. The molecule has 0 atom stereocenters. The second kappa shape index (κ2) is 9.55. The van der Waals surface area contributed by atoms with Gasteiger partial charge in [0.15, 0.2) is 17.4 Å². The maximum absolute atomic E-state index is 14.6. The van der Waals surface area contributed by atoms with E-state index < -0.39 is 29.1 Å². The van der Waals surface area contributed by atoms with Crippen LogP contribution in [-0.4, -0.2) is 30.8 Å². The largest absolute Gasteiger partial charge is 0.503 e. The van der Waals surface area contributed by atoms with Crippen molar-refractivity contribution in [3.05, 3.63) is 79.0 Å². The quantitative estimate of drug-likeness (QED) is 0.285. The fraction of sp³-hybridized carbons (Fsp3) is 0.0435. The van der Waals surface area contributed by atoms with Gasteiger partial charge < -0.3 is 21.1 Å². The summed E-state index contributed by atoms with van der Waals surface area (Å²) in [5.74, 6) is -4.62. The molecule has 0 aliphatic rings. The molecule has 12 heteroatoms. The highest BCUT2D eigenvalue weighted by molar-refractivity contribution is 5.99. The van der Waals surface area contributed by atoms with Crippen LogP contribution in [0.15, 0.2) is 61.6 Å². The van der Waals surface area contributed by atoms with Gasteiger partial charge in [0.05, 0.1) is 17.6 Å². The summed E-state index contributed by atoms with van der Waals surface area (Å²) in [4.78, 5) is 20.1. The number of nitrogens with zero attached hydrogens (tertiary/aromatic N) is 4. The summed E-state index contributed by atoms with van der Waals surface area (Å²) >= 11 is 0. The van der Waals surface area contributed by atoms with E-state index in [1.165, 1.54) is 24.5 Å². The number of amides is 1. The lowest BCUT2D eigenvalue weighted by Gasteiger charge is -2.15. The third kappa shape index (κ3) is 5.21. The summed E-state index contributed by atoms with van der Waals surface area (Å²) in [6.07, 6.45) is 5.53. The molecule has 2 heterocycles. The molecule has 178 valence electrons. The molecule has 2 aromatic heterocycles. The Morgan fingerprint density at radius 1 is 1.06 bits per heavy atom. The van der Waals surface area contributed by atoms with Crippen molar-refractivity contribution in [3.63, 3.8) is 0 Å². The van der Waals surface area contributed by atoms with Crippen molar-refractivity contribution in [1.82, 2.24) is 19.7 Å². The van der Waals surface area contributed by atoms with Gasteiger partial charge in [-0.3, -0.25) is 9.48 Å². The van der Waals surface area contributed by atoms with E-state index in [1.807, 2.05) is 0 Å². The minimum Gasteiger partial charge on any atom is -0.503 e. The molecule has 0 bridgehead atoms. The maximum Gasteiger partial charge on any atom is 0.247 e. The highest BCUT2D eigenvalue weighted by Crippen LogP contribution is 2.34. The third-order valence-corrected chi connectivity index (χ3v) is 4.75. The normalized spacial score (nSPS) is 10.6. The molecular weight excluding hydrogens is 463 g/mol.